The van der Waals surface area contributed by atoms with Gasteiger partial charge in [-0.05, 0) is 63.2 Å². The Morgan fingerprint density at radius 2 is 1.19 bits per heavy atom. The van der Waals surface area contributed by atoms with Crippen LogP contribution in [0, 0.1) is 5.92 Å². The number of rotatable bonds is 14. The van der Waals surface area contributed by atoms with Crippen LogP contribution in [0.25, 0.3) is 11.1 Å². The van der Waals surface area contributed by atoms with Crippen LogP contribution in [0.3, 0.4) is 0 Å². The first-order valence-electron chi connectivity index (χ1n) is 18.4. The van der Waals surface area contributed by atoms with Crippen LogP contribution in [-0.4, -0.2) is 31.1 Å². The Hall–Kier alpha value is -4.93. The average molecular weight is 739 g/mol. The Labute approximate surface area is 318 Å². The van der Waals surface area contributed by atoms with E-state index in [2.05, 4.69) is 71.1 Å². The standard InChI is InChI=1S/C46H46N2O5S/c1-34-44(32-48(30-35-13-5-2-6-14-35)31-36-15-7-3-8-16-36)52-46(53-45(34)39-25-23-37(33-49)24-26-39)42-20-12-19-41(28-42)40-18-11-17-38(27-40)29-47-54(50,51)43-21-9-4-10-22-43/h2-28,34,44-47,49H,29-33H2,1H3/t34-,44+,45+,46+/m0/s1. The summed E-state index contributed by atoms with van der Waals surface area (Å²) >= 11 is 0. The Bertz CT molecular complexity index is 2160. The molecule has 0 aliphatic carbocycles. The molecule has 4 atom stereocenters. The molecule has 0 saturated carbocycles. The van der Waals surface area contributed by atoms with Crippen LogP contribution in [0.15, 0.2) is 169 Å². The third kappa shape index (κ3) is 9.40. The Morgan fingerprint density at radius 3 is 1.81 bits per heavy atom. The highest BCUT2D eigenvalue weighted by molar-refractivity contribution is 7.89. The molecule has 7 nitrogen and oxygen atoms in total. The fraction of sp³-hybridized carbons (Fsp3) is 0.217. The van der Waals surface area contributed by atoms with Crippen molar-refractivity contribution < 1.29 is 23.0 Å². The summed E-state index contributed by atoms with van der Waals surface area (Å²) in [5.41, 5.74) is 8.05. The lowest BCUT2D eigenvalue weighted by Gasteiger charge is -2.43. The van der Waals surface area contributed by atoms with Crippen LogP contribution < -0.4 is 4.72 Å². The van der Waals surface area contributed by atoms with Gasteiger partial charge in [-0.15, -0.1) is 0 Å². The van der Waals surface area contributed by atoms with Crippen molar-refractivity contribution in [1.29, 1.82) is 0 Å². The number of nitrogens with zero attached hydrogens (tertiary/aromatic N) is 1. The van der Waals surface area contributed by atoms with E-state index in [1.165, 1.54) is 11.1 Å². The minimum absolute atomic E-state index is 0.0173. The van der Waals surface area contributed by atoms with E-state index in [0.29, 0.717) is 6.54 Å². The highest BCUT2D eigenvalue weighted by atomic mass is 32.2. The van der Waals surface area contributed by atoms with E-state index in [9.17, 15) is 13.5 Å². The van der Waals surface area contributed by atoms with Crippen LogP contribution in [0.4, 0.5) is 0 Å². The Balaban J connectivity index is 1.15. The van der Waals surface area contributed by atoms with Crippen LogP contribution >= 0.6 is 0 Å². The predicted octanol–water partition coefficient (Wildman–Crippen LogP) is 8.82. The maximum absolute atomic E-state index is 12.9. The van der Waals surface area contributed by atoms with E-state index in [1.807, 2.05) is 78.9 Å². The zero-order valence-electron chi connectivity index (χ0n) is 30.4. The third-order valence-corrected chi connectivity index (χ3v) is 11.4. The van der Waals surface area contributed by atoms with Gasteiger partial charge >= 0.3 is 0 Å². The van der Waals surface area contributed by atoms with Crippen LogP contribution in [0.2, 0.25) is 0 Å². The van der Waals surface area contributed by atoms with Gasteiger partial charge in [-0.3, -0.25) is 4.90 Å². The Kier molecular flexibility index (Phi) is 12.1. The molecule has 54 heavy (non-hydrogen) atoms. The summed E-state index contributed by atoms with van der Waals surface area (Å²) < 4.78 is 42.3. The smallest absolute Gasteiger partial charge is 0.240 e. The van der Waals surface area contributed by atoms with Gasteiger partial charge in [0.15, 0.2) is 6.29 Å². The highest BCUT2D eigenvalue weighted by Crippen LogP contribution is 2.42. The monoisotopic (exact) mass is 738 g/mol. The summed E-state index contributed by atoms with van der Waals surface area (Å²) in [4.78, 5) is 2.69. The second-order valence-electron chi connectivity index (χ2n) is 13.9. The van der Waals surface area contributed by atoms with Crippen molar-refractivity contribution in [2.24, 2.45) is 5.92 Å². The lowest BCUT2D eigenvalue weighted by atomic mass is 9.89. The molecule has 0 radical (unpaired) electrons. The molecular weight excluding hydrogens is 693 g/mol. The first kappa shape index (κ1) is 37.4. The molecule has 1 saturated heterocycles. The number of aliphatic hydroxyl groups excluding tert-OH is 1. The van der Waals surface area contributed by atoms with E-state index in [0.717, 1.165) is 46.5 Å². The summed E-state index contributed by atoms with van der Waals surface area (Å²) in [5, 5.41) is 9.73. The number of aliphatic hydroxyl groups is 1. The van der Waals surface area contributed by atoms with Crippen LogP contribution in [0.1, 0.15) is 52.7 Å². The van der Waals surface area contributed by atoms with Gasteiger partial charge in [0, 0.05) is 37.7 Å². The molecule has 1 aliphatic rings. The van der Waals surface area contributed by atoms with Crippen molar-refractivity contribution in [1.82, 2.24) is 9.62 Å². The third-order valence-electron chi connectivity index (χ3n) is 10.00. The first-order chi connectivity index (χ1) is 26.3. The number of sulfonamides is 1. The average Bonchev–Trinajstić information content (AvgIpc) is 3.22. The molecule has 8 heteroatoms. The largest absolute Gasteiger partial charge is 0.392 e. The maximum atomic E-state index is 12.9. The highest BCUT2D eigenvalue weighted by Gasteiger charge is 2.39. The normalized spacial score (nSPS) is 18.8. The van der Waals surface area contributed by atoms with Gasteiger partial charge in [0.25, 0.3) is 0 Å². The van der Waals surface area contributed by atoms with Crippen LogP contribution in [-0.2, 0) is 45.7 Å². The van der Waals surface area contributed by atoms with Crippen LogP contribution in [0.5, 0.6) is 0 Å². The van der Waals surface area contributed by atoms with Crippen molar-refractivity contribution in [3.63, 3.8) is 0 Å². The summed E-state index contributed by atoms with van der Waals surface area (Å²) in [6.45, 7) is 4.59. The van der Waals surface area contributed by atoms with Gasteiger partial charge in [-0.2, -0.15) is 0 Å². The number of nitrogens with one attached hydrogen (secondary N) is 1. The lowest BCUT2D eigenvalue weighted by Crippen LogP contribution is -2.44. The number of hydrogen-bond acceptors (Lipinski definition) is 6. The van der Waals surface area contributed by atoms with Gasteiger partial charge in [-0.25, -0.2) is 13.1 Å². The predicted molar refractivity (Wildman–Crippen MR) is 212 cm³/mol. The second kappa shape index (κ2) is 17.5. The van der Waals surface area contributed by atoms with Gasteiger partial charge in [0.1, 0.15) is 0 Å². The fourth-order valence-corrected chi connectivity index (χ4v) is 8.08. The summed E-state index contributed by atoms with van der Waals surface area (Å²) in [6.07, 6.45) is -1.05. The van der Waals surface area contributed by atoms with E-state index < -0.39 is 16.3 Å². The zero-order valence-corrected chi connectivity index (χ0v) is 31.2. The van der Waals surface area contributed by atoms with E-state index >= 15 is 0 Å². The molecule has 6 aromatic carbocycles. The molecule has 0 aromatic heterocycles. The minimum atomic E-state index is -3.64. The van der Waals surface area contributed by atoms with Crippen molar-refractivity contribution in [3.8, 4) is 11.1 Å². The topological polar surface area (TPSA) is 88.1 Å². The molecule has 0 spiro atoms. The van der Waals surface area contributed by atoms with Gasteiger partial charge in [0.05, 0.1) is 23.7 Å². The number of ether oxygens (including phenoxy) is 2. The molecule has 2 N–H and O–H groups in total. The summed E-state index contributed by atoms with van der Waals surface area (Å²) in [6, 6.07) is 53.6. The summed E-state index contributed by atoms with van der Waals surface area (Å²) in [5.74, 6) is 0.0230. The second-order valence-corrected chi connectivity index (χ2v) is 15.7. The molecule has 1 fully saturated rings. The Morgan fingerprint density at radius 1 is 0.611 bits per heavy atom. The molecule has 0 amide bonds. The molecule has 0 bridgehead atoms. The molecule has 0 unspecified atom stereocenters. The summed E-state index contributed by atoms with van der Waals surface area (Å²) in [7, 11) is -3.64. The van der Waals surface area contributed by atoms with Crippen molar-refractivity contribution in [2.75, 3.05) is 6.54 Å². The maximum Gasteiger partial charge on any atom is 0.240 e. The zero-order chi connectivity index (χ0) is 37.3. The van der Waals surface area contributed by atoms with Gasteiger partial charge in [-0.1, -0.05) is 146 Å². The van der Waals surface area contributed by atoms with Gasteiger partial charge < -0.3 is 14.6 Å². The van der Waals surface area contributed by atoms with Crippen molar-refractivity contribution in [3.05, 3.63) is 197 Å². The molecular formula is C46H46N2O5S. The molecule has 7 rings (SSSR count). The quantitative estimate of drug-likeness (QED) is 0.116. The first-order valence-corrected chi connectivity index (χ1v) is 19.9. The number of benzene rings is 6. The molecule has 1 heterocycles. The van der Waals surface area contributed by atoms with Crippen molar-refractivity contribution >= 4 is 10.0 Å². The van der Waals surface area contributed by atoms with Gasteiger partial charge in [0.2, 0.25) is 10.0 Å². The SMILES string of the molecule is C[C@H]1[C@@H](CN(Cc2ccccc2)Cc2ccccc2)O[C@@H](c2cccc(-c3cccc(CNS(=O)(=O)c4ccccc4)c3)c2)O[C@H]1c1ccc(CO)cc1. The minimum Gasteiger partial charge on any atom is -0.392 e. The van der Waals surface area contributed by atoms with Crippen molar-refractivity contribution in [2.45, 2.75) is 56.6 Å². The fourth-order valence-electron chi connectivity index (χ4n) is 7.04. The molecule has 276 valence electrons. The number of hydrogen-bond donors (Lipinski definition) is 2. The van der Waals surface area contributed by atoms with E-state index in [-0.39, 0.29) is 36.2 Å². The van der Waals surface area contributed by atoms with E-state index in [4.69, 9.17) is 9.47 Å². The van der Waals surface area contributed by atoms with E-state index in [1.54, 1.807) is 30.3 Å². The molecule has 1 aliphatic heterocycles. The molecule has 6 aromatic rings. The lowest BCUT2D eigenvalue weighted by molar-refractivity contribution is -0.276.